The van der Waals surface area contributed by atoms with Gasteiger partial charge in [-0.2, -0.15) is 0 Å². The fourth-order valence-electron chi connectivity index (χ4n) is 4.27. The molecule has 170 valence electrons. The Morgan fingerprint density at radius 2 is 1.88 bits per heavy atom. The maximum atomic E-state index is 12.9. The van der Waals surface area contributed by atoms with Gasteiger partial charge in [0.1, 0.15) is 11.4 Å². The van der Waals surface area contributed by atoms with Crippen LogP contribution in [-0.4, -0.2) is 61.1 Å². The topological polar surface area (TPSA) is 71.1 Å². The minimum Gasteiger partial charge on any atom is -0.484 e. The molecule has 2 atom stereocenters. The molecule has 0 radical (unpaired) electrons. The molecule has 0 aliphatic carbocycles. The van der Waals surface area contributed by atoms with Gasteiger partial charge in [-0.1, -0.05) is 42.5 Å². The highest BCUT2D eigenvalue weighted by atomic mass is 16.6. The van der Waals surface area contributed by atoms with Crippen molar-refractivity contribution in [3.63, 3.8) is 0 Å². The Kier molecular flexibility index (Phi) is 6.65. The number of rotatable bonds is 6. The van der Waals surface area contributed by atoms with E-state index in [2.05, 4.69) is 5.32 Å². The molecule has 2 fully saturated rings. The number of amides is 2. The minimum absolute atomic E-state index is 0.00948. The van der Waals surface area contributed by atoms with Gasteiger partial charge in [-0.05, 0) is 37.1 Å². The molecule has 1 N–H and O–H groups in total. The maximum Gasteiger partial charge on any atom is 0.411 e. The molecular weight excluding hydrogens is 406 g/mol. The summed E-state index contributed by atoms with van der Waals surface area (Å²) in [5.41, 5.74) is 1.33. The highest BCUT2D eigenvalue weighted by Gasteiger charge is 2.39. The first-order valence-corrected chi connectivity index (χ1v) is 11.2. The lowest BCUT2D eigenvalue weighted by Gasteiger charge is -2.41. The predicted molar refractivity (Wildman–Crippen MR) is 121 cm³/mol. The smallest absolute Gasteiger partial charge is 0.411 e. The maximum absolute atomic E-state index is 12.9. The van der Waals surface area contributed by atoms with Crippen LogP contribution < -0.4 is 10.1 Å². The van der Waals surface area contributed by atoms with Crippen molar-refractivity contribution in [2.24, 2.45) is 0 Å². The Balaban J connectivity index is 1.38. The molecule has 0 spiro atoms. The lowest BCUT2D eigenvalue weighted by Crippen LogP contribution is -2.48. The zero-order chi connectivity index (χ0) is 22.6. The van der Waals surface area contributed by atoms with E-state index in [9.17, 15) is 9.59 Å². The average molecular weight is 438 g/mol. The van der Waals surface area contributed by atoms with Gasteiger partial charge in [0, 0.05) is 39.1 Å². The van der Waals surface area contributed by atoms with Crippen molar-refractivity contribution in [2.75, 3.05) is 39.3 Å². The van der Waals surface area contributed by atoms with E-state index in [1.807, 2.05) is 73.3 Å². The summed E-state index contributed by atoms with van der Waals surface area (Å²) >= 11 is 0. The number of piperazine rings is 1. The molecule has 7 heteroatoms. The molecule has 2 heterocycles. The van der Waals surface area contributed by atoms with E-state index in [4.69, 9.17) is 9.47 Å². The zero-order valence-corrected chi connectivity index (χ0v) is 18.8. The number of nitrogens with zero attached hydrogens (tertiary/aromatic N) is 2. The summed E-state index contributed by atoms with van der Waals surface area (Å²) in [6.07, 6.45) is 0.387. The van der Waals surface area contributed by atoms with Gasteiger partial charge in [0.25, 0.3) is 5.91 Å². The normalized spacial score (nSPS) is 22.2. The molecule has 0 aromatic heterocycles. The van der Waals surface area contributed by atoms with Crippen LogP contribution in [0.2, 0.25) is 0 Å². The lowest BCUT2D eigenvalue weighted by molar-refractivity contribution is -0.133. The highest BCUT2D eigenvalue weighted by molar-refractivity contribution is 5.78. The quantitative estimate of drug-likeness (QED) is 0.751. The Bertz CT molecular complexity index is 945. The van der Waals surface area contributed by atoms with Gasteiger partial charge in [-0.15, -0.1) is 0 Å². The summed E-state index contributed by atoms with van der Waals surface area (Å²) in [5, 5.41) is 3.24. The standard InChI is InChI=1S/C25H31N3O4/c1-19(28-14-11-25(2,32-24(28)30)21-8-4-3-5-9-21)20-7-6-10-22(17-20)31-18-23(29)27-15-12-26-13-16-27/h3-10,17,19,26H,11-16,18H2,1-2H3/t19-,25?/m0/s1. The van der Waals surface area contributed by atoms with E-state index >= 15 is 0 Å². The van der Waals surface area contributed by atoms with Crippen molar-refractivity contribution < 1.29 is 19.1 Å². The van der Waals surface area contributed by atoms with Gasteiger partial charge < -0.3 is 24.6 Å². The van der Waals surface area contributed by atoms with Gasteiger partial charge in [-0.25, -0.2) is 4.79 Å². The molecule has 7 nitrogen and oxygen atoms in total. The Labute approximate surface area is 189 Å². The van der Waals surface area contributed by atoms with E-state index in [0.717, 1.165) is 24.2 Å². The number of carbonyl (C=O) groups excluding carboxylic acids is 2. The summed E-state index contributed by atoms with van der Waals surface area (Å²) in [4.78, 5) is 28.8. The molecule has 2 aromatic rings. The van der Waals surface area contributed by atoms with Crippen LogP contribution in [0, 0.1) is 0 Å². The summed E-state index contributed by atoms with van der Waals surface area (Å²) < 4.78 is 11.7. The van der Waals surface area contributed by atoms with Crippen molar-refractivity contribution in [2.45, 2.75) is 31.9 Å². The Morgan fingerprint density at radius 3 is 2.59 bits per heavy atom. The van der Waals surface area contributed by atoms with Crippen LogP contribution in [0.3, 0.4) is 0 Å². The van der Waals surface area contributed by atoms with Gasteiger partial charge >= 0.3 is 6.09 Å². The Hall–Kier alpha value is -3.06. The first kappa shape index (κ1) is 22.1. The third kappa shape index (κ3) is 4.88. The second-order valence-corrected chi connectivity index (χ2v) is 8.58. The van der Waals surface area contributed by atoms with Crippen molar-refractivity contribution in [3.8, 4) is 5.75 Å². The summed E-state index contributed by atoms with van der Waals surface area (Å²) in [6, 6.07) is 17.3. The molecule has 2 aromatic carbocycles. The number of hydrogen-bond donors (Lipinski definition) is 1. The van der Waals surface area contributed by atoms with Crippen LogP contribution in [0.25, 0.3) is 0 Å². The molecule has 1 unspecified atom stereocenters. The van der Waals surface area contributed by atoms with Gasteiger partial charge in [0.2, 0.25) is 0 Å². The second kappa shape index (κ2) is 9.61. The van der Waals surface area contributed by atoms with E-state index in [1.54, 1.807) is 4.90 Å². The van der Waals surface area contributed by atoms with E-state index in [1.165, 1.54) is 0 Å². The number of cyclic esters (lactones) is 1. The van der Waals surface area contributed by atoms with E-state index in [-0.39, 0.29) is 24.6 Å². The lowest BCUT2D eigenvalue weighted by atomic mass is 9.90. The van der Waals surface area contributed by atoms with Crippen LogP contribution in [0.1, 0.15) is 37.4 Å². The van der Waals surface area contributed by atoms with E-state index < -0.39 is 5.60 Å². The van der Waals surface area contributed by atoms with Gasteiger partial charge in [-0.3, -0.25) is 4.79 Å². The largest absolute Gasteiger partial charge is 0.484 e. The Morgan fingerprint density at radius 1 is 1.12 bits per heavy atom. The number of ether oxygens (including phenoxy) is 2. The van der Waals surface area contributed by atoms with Crippen LogP contribution in [0.5, 0.6) is 5.75 Å². The average Bonchev–Trinajstić information content (AvgIpc) is 2.83. The highest BCUT2D eigenvalue weighted by Crippen LogP contribution is 2.36. The molecular formula is C25H31N3O4. The molecule has 0 bridgehead atoms. The SMILES string of the molecule is C[C@@H](c1cccc(OCC(=O)N2CCNCC2)c1)N1CCC(C)(c2ccccc2)OC1=O. The van der Waals surface area contributed by atoms with Crippen molar-refractivity contribution in [1.82, 2.24) is 15.1 Å². The van der Waals surface area contributed by atoms with Crippen molar-refractivity contribution in [3.05, 3.63) is 65.7 Å². The molecule has 2 amide bonds. The van der Waals surface area contributed by atoms with Crippen LogP contribution in [-0.2, 0) is 15.1 Å². The van der Waals surface area contributed by atoms with Crippen molar-refractivity contribution >= 4 is 12.0 Å². The number of benzene rings is 2. The van der Waals surface area contributed by atoms with Crippen LogP contribution in [0.4, 0.5) is 4.79 Å². The van der Waals surface area contributed by atoms with Gasteiger partial charge in [0.15, 0.2) is 6.61 Å². The summed E-state index contributed by atoms with van der Waals surface area (Å²) in [5.74, 6) is 0.613. The first-order valence-electron chi connectivity index (χ1n) is 11.2. The fraction of sp³-hybridized carbons (Fsp3) is 0.440. The minimum atomic E-state index is -0.621. The fourth-order valence-corrected chi connectivity index (χ4v) is 4.27. The van der Waals surface area contributed by atoms with Crippen molar-refractivity contribution in [1.29, 1.82) is 0 Å². The summed E-state index contributed by atoms with van der Waals surface area (Å²) in [7, 11) is 0. The summed E-state index contributed by atoms with van der Waals surface area (Å²) in [6.45, 7) is 7.60. The molecule has 32 heavy (non-hydrogen) atoms. The molecule has 0 saturated carbocycles. The molecule has 2 saturated heterocycles. The van der Waals surface area contributed by atoms with E-state index in [0.29, 0.717) is 31.8 Å². The molecule has 2 aliphatic heterocycles. The third-order valence-corrected chi connectivity index (χ3v) is 6.40. The monoisotopic (exact) mass is 437 g/mol. The number of carbonyl (C=O) groups is 2. The van der Waals surface area contributed by atoms with Crippen LogP contribution in [0.15, 0.2) is 54.6 Å². The van der Waals surface area contributed by atoms with Gasteiger partial charge in [0.05, 0.1) is 6.04 Å². The number of hydrogen-bond acceptors (Lipinski definition) is 5. The van der Waals surface area contributed by atoms with Crippen LogP contribution >= 0.6 is 0 Å². The first-order chi connectivity index (χ1) is 15.5. The zero-order valence-electron chi connectivity index (χ0n) is 18.8. The molecule has 4 rings (SSSR count). The second-order valence-electron chi connectivity index (χ2n) is 8.58. The third-order valence-electron chi connectivity index (χ3n) is 6.40. The number of nitrogens with one attached hydrogen (secondary N) is 1. The molecule has 2 aliphatic rings. The predicted octanol–water partition coefficient (Wildman–Crippen LogP) is 3.32.